The lowest BCUT2D eigenvalue weighted by Crippen LogP contribution is -2.31. The van der Waals surface area contributed by atoms with Gasteiger partial charge in [-0.1, -0.05) is 60.7 Å². The van der Waals surface area contributed by atoms with Crippen LogP contribution in [0.5, 0.6) is 0 Å². The predicted octanol–water partition coefficient (Wildman–Crippen LogP) is 4.06. The van der Waals surface area contributed by atoms with Crippen LogP contribution in [0.1, 0.15) is 30.4 Å². The lowest BCUT2D eigenvalue weighted by atomic mass is 9.81. The molecule has 1 atom stereocenters. The Kier molecular flexibility index (Phi) is 5.02. The zero-order chi connectivity index (χ0) is 15.2. The summed E-state index contributed by atoms with van der Waals surface area (Å²) in [7, 11) is 0. The predicted molar refractivity (Wildman–Crippen MR) is 89.3 cm³/mol. The smallest absolute Gasteiger partial charge is 0.136 e. The number of carbonyl (C=O) groups excluding carboxylic acids is 1. The van der Waals surface area contributed by atoms with Crippen molar-refractivity contribution in [3.8, 4) is 0 Å². The average molecular weight is 293 g/mol. The molecule has 0 unspecified atom stereocenters. The minimum Gasteiger partial charge on any atom is -0.299 e. The van der Waals surface area contributed by atoms with Crippen molar-refractivity contribution in [2.45, 2.75) is 32.4 Å². The van der Waals surface area contributed by atoms with Crippen molar-refractivity contribution in [2.75, 3.05) is 6.54 Å². The number of Topliss-reactive ketones (excluding diaryl/α,β-unsaturated/α-hetero) is 1. The molecule has 1 aliphatic rings. The van der Waals surface area contributed by atoms with E-state index < -0.39 is 0 Å². The number of rotatable bonds is 7. The van der Waals surface area contributed by atoms with Crippen molar-refractivity contribution in [2.24, 2.45) is 5.92 Å². The Labute approximate surface area is 132 Å². The molecule has 0 heterocycles. The summed E-state index contributed by atoms with van der Waals surface area (Å²) in [5, 5.41) is 0. The highest BCUT2D eigenvalue weighted by Crippen LogP contribution is 2.26. The third kappa shape index (κ3) is 4.05. The van der Waals surface area contributed by atoms with Crippen LogP contribution >= 0.6 is 0 Å². The maximum atomic E-state index is 11.5. The Balaban J connectivity index is 1.63. The summed E-state index contributed by atoms with van der Waals surface area (Å²) in [6.45, 7) is 2.87. The molecule has 3 rings (SSSR count). The maximum absolute atomic E-state index is 11.5. The zero-order valence-electron chi connectivity index (χ0n) is 12.9. The first-order valence-corrected chi connectivity index (χ1v) is 8.14. The monoisotopic (exact) mass is 293 g/mol. The molecule has 0 N–H and O–H groups in total. The van der Waals surface area contributed by atoms with Gasteiger partial charge in [-0.2, -0.15) is 0 Å². The van der Waals surface area contributed by atoms with Crippen LogP contribution in [0, 0.1) is 5.92 Å². The molecule has 1 fully saturated rings. The van der Waals surface area contributed by atoms with E-state index in [-0.39, 0.29) is 0 Å². The van der Waals surface area contributed by atoms with Gasteiger partial charge in [-0.25, -0.2) is 0 Å². The van der Waals surface area contributed by atoms with E-state index in [4.69, 9.17) is 0 Å². The van der Waals surface area contributed by atoms with Gasteiger partial charge in [0.2, 0.25) is 0 Å². The molecule has 0 aromatic heterocycles. The zero-order valence-corrected chi connectivity index (χ0v) is 12.9. The highest BCUT2D eigenvalue weighted by atomic mass is 16.1. The lowest BCUT2D eigenvalue weighted by molar-refractivity contribution is -0.129. The Bertz CT molecular complexity index is 552. The van der Waals surface area contributed by atoms with Crippen molar-refractivity contribution in [3.63, 3.8) is 0 Å². The maximum Gasteiger partial charge on any atom is 0.136 e. The van der Waals surface area contributed by atoms with Gasteiger partial charge in [0.25, 0.3) is 0 Å². The number of ketones is 1. The Morgan fingerprint density at radius 1 is 0.864 bits per heavy atom. The SMILES string of the molecule is O=C1CC[C@@H]1CCN(Cc1ccccc1)Cc1ccccc1. The standard InChI is InChI=1S/C20H23NO/c22-20-12-11-19(20)13-14-21(15-17-7-3-1-4-8-17)16-18-9-5-2-6-10-18/h1-10,19H,11-16H2/t19-/m1/s1. The number of carbonyl (C=O) groups is 1. The summed E-state index contributed by atoms with van der Waals surface area (Å²) in [4.78, 5) is 14.0. The second-order valence-corrected chi connectivity index (χ2v) is 6.17. The van der Waals surface area contributed by atoms with E-state index in [1.807, 2.05) is 0 Å². The van der Waals surface area contributed by atoms with E-state index in [0.29, 0.717) is 11.7 Å². The molecule has 2 nitrogen and oxygen atoms in total. The summed E-state index contributed by atoms with van der Waals surface area (Å²) in [5.74, 6) is 0.772. The molecule has 2 heteroatoms. The summed E-state index contributed by atoms with van der Waals surface area (Å²) >= 11 is 0. The van der Waals surface area contributed by atoms with Gasteiger partial charge in [-0.05, 0) is 30.5 Å². The van der Waals surface area contributed by atoms with Crippen LogP contribution in [0.15, 0.2) is 60.7 Å². The Hall–Kier alpha value is -1.93. The van der Waals surface area contributed by atoms with Crippen molar-refractivity contribution in [1.29, 1.82) is 0 Å². The largest absolute Gasteiger partial charge is 0.299 e. The van der Waals surface area contributed by atoms with Crippen molar-refractivity contribution >= 4 is 5.78 Å². The lowest BCUT2D eigenvalue weighted by Gasteiger charge is -2.28. The number of hydrogen-bond donors (Lipinski definition) is 0. The minimum absolute atomic E-state index is 0.314. The van der Waals surface area contributed by atoms with Gasteiger partial charge < -0.3 is 0 Å². The van der Waals surface area contributed by atoms with Crippen molar-refractivity contribution in [1.82, 2.24) is 4.90 Å². The first-order chi connectivity index (χ1) is 10.8. The van der Waals surface area contributed by atoms with Gasteiger partial charge in [-0.15, -0.1) is 0 Å². The summed E-state index contributed by atoms with van der Waals surface area (Å²) in [6, 6.07) is 21.2. The molecular weight excluding hydrogens is 270 g/mol. The van der Waals surface area contributed by atoms with E-state index in [2.05, 4.69) is 65.6 Å². The van der Waals surface area contributed by atoms with Gasteiger partial charge in [0, 0.05) is 25.4 Å². The fourth-order valence-electron chi connectivity index (χ4n) is 3.01. The third-order valence-electron chi connectivity index (χ3n) is 4.49. The van der Waals surface area contributed by atoms with Crippen molar-refractivity contribution < 1.29 is 4.79 Å². The molecule has 2 aromatic carbocycles. The molecule has 1 saturated carbocycles. The number of benzene rings is 2. The minimum atomic E-state index is 0.314. The van der Waals surface area contributed by atoms with Crippen molar-refractivity contribution in [3.05, 3.63) is 71.8 Å². The topological polar surface area (TPSA) is 20.3 Å². The highest BCUT2D eigenvalue weighted by molar-refractivity contribution is 5.86. The molecule has 0 bridgehead atoms. The fourth-order valence-corrected chi connectivity index (χ4v) is 3.01. The summed E-state index contributed by atoms with van der Waals surface area (Å²) in [6.07, 6.45) is 2.88. The van der Waals surface area contributed by atoms with Crippen LogP contribution < -0.4 is 0 Å². The van der Waals surface area contributed by atoms with Gasteiger partial charge in [-0.3, -0.25) is 9.69 Å². The third-order valence-corrected chi connectivity index (χ3v) is 4.49. The van der Waals surface area contributed by atoms with Crippen LogP contribution in [-0.2, 0) is 17.9 Å². The van der Waals surface area contributed by atoms with Gasteiger partial charge in [0.15, 0.2) is 0 Å². The van der Waals surface area contributed by atoms with Crippen LogP contribution in [0.2, 0.25) is 0 Å². The molecule has 22 heavy (non-hydrogen) atoms. The second kappa shape index (κ2) is 7.37. The first-order valence-electron chi connectivity index (χ1n) is 8.14. The van der Waals surface area contributed by atoms with E-state index in [1.165, 1.54) is 11.1 Å². The molecule has 0 amide bonds. The molecule has 114 valence electrons. The van der Waals surface area contributed by atoms with E-state index in [1.54, 1.807) is 0 Å². The van der Waals surface area contributed by atoms with Crippen LogP contribution in [0.25, 0.3) is 0 Å². The van der Waals surface area contributed by atoms with E-state index >= 15 is 0 Å². The number of nitrogens with zero attached hydrogens (tertiary/aromatic N) is 1. The molecule has 1 aliphatic carbocycles. The molecule has 0 aliphatic heterocycles. The van der Waals surface area contributed by atoms with Crippen LogP contribution in [0.3, 0.4) is 0 Å². The van der Waals surface area contributed by atoms with Gasteiger partial charge in [0.05, 0.1) is 0 Å². The Morgan fingerprint density at radius 2 is 1.41 bits per heavy atom. The summed E-state index contributed by atoms with van der Waals surface area (Å²) < 4.78 is 0. The van der Waals surface area contributed by atoms with Crippen LogP contribution in [-0.4, -0.2) is 17.2 Å². The Morgan fingerprint density at radius 3 is 1.82 bits per heavy atom. The molecule has 0 radical (unpaired) electrons. The molecular formula is C20H23NO. The van der Waals surface area contributed by atoms with Crippen LogP contribution in [0.4, 0.5) is 0 Å². The van der Waals surface area contributed by atoms with E-state index in [9.17, 15) is 4.79 Å². The normalized spacial score (nSPS) is 17.5. The van der Waals surface area contributed by atoms with Gasteiger partial charge >= 0.3 is 0 Å². The molecule has 0 saturated heterocycles. The van der Waals surface area contributed by atoms with Gasteiger partial charge in [0.1, 0.15) is 5.78 Å². The molecule has 2 aromatic rings. The van der Waals surface area contributed by atoms with E-state index in [0.717, 1.165) is 38.9 Å². The quantitative estimate of drug-likeness (QED) is 0.767. The second-order valence-electron chi connectivity index (χ2n) is 6.17. The highest BCUT2D eigenvalue weighted by Gasteiger charge is 2.27. The first kappa shape index (κ1) is 15.0. The fraction of sp³-hybridized carbons (Fsp3) is 0.350. The summed E-state index contributed by atoms with van der Waals surface area (Å²) in [5.41, 5.74) is 2.66. The number of hydrogen-bond acceptors (Lipinski definition) is 2. The average Bonchev–Trinajstić information content (AvgIpc) is 2.55. The molecule has 0 spiro atoms.